The summed E-state index contributed by atoms with van der Waals surface area (Å²) in [6.07, 6.45) is 1.40. The predicted molar refractivity (Wildman–Crippen MR) is 55.3 cm³/mol. The highest BCUT2D eigenvalue weighted by atomic mass is 16.8. The summed E-state index contributed by atoms with van der Waals surface area (Å²) in [6.45, 7) is 9.45. The number of esters is 1. The summed E-state index contributed by atoms with van der Waals surface area (Å²) in [5.74, 6) is -0.976. The van der Waals surface area contributed by atoms with Gasteiger partial charge in [0.05, 0.1) is 6.61 Å². The van der Waals surface area contributed by atoms with E-state index >= 15 is 0 Å². The third-order valence-corrected chi connectivity index (χ3v) is 2.59. The second-order valence-electron chi connectivity index (χ2n) is 3.80. The quantitative estimate of drug-likeness (QED) is 0.527. The van der Waals surface area contributed by atoms with Crippen LogP contribution in [0.4, 0.5) is 0 Å². The van der Waals surface area contributed by atoms with Crippen LogP contribution in [0.5, 0.6) is 0 Å². The van der Waals surface area contributed by atoms with Crippen molar-refractivity contribution in [3.8, 4) is 0 Å². The molecule has 15 heavy (non-hydrogen) atoms. The Kier molecular flexibility index (Phi) is 3.88. The Hall–Kier alpha value is -0.870. The summed E-state index contributed by atoms with van der Waals surface area (Å²) in [6, 6.07) is 0. The molecule has 4 heteroatoms. The summed E-state index contributed by atoms with van der Waals surface area (Å²) in [5, 5.41) is 0. The minimum Gasteiger partial charge on any atom is -0.457 e. The van der Waals surface area contributed by atoms with E-state index in [-0.39, 0.29) is 12.2 Å². The zero-order valence-electron chi connectivity index (χ0n) is 9.49. The van der Waals surface area contributed by atoms with Crippen LogP contribution in [-0.2, 0) is 19.0 Å². The minimum absolute atomic E-state index is 0.196. The van der Waals surface area contributed by atoms with Gasteiger partial charge in [-0.05, 0) is 20.3 Å². The molecular formula is C11H18O4. The van der Waals surface area contributed by atoms with E-state index in [9.17, 15) is 4.79 Å². The van der Waals surface area contributed by atoms with Gasteiger partial charge in [-0.15, -0.1) is 0 Å². The Labute approximate surface area is 90.2 Å². The Morgan fingerprint density at radius 1 is 1.80 bits per heavy atom. The van der Waals surface area contributed by atoms with Crippen molar-refractivity contribution in [1.82, 2.24) is 0 Å². The van der Waals surface area contributed by atoms with Crippen molar-refractivity contribution < 1.29 is 19.0 Å². The van der Waals surface area contributed by atoms with Crippen LogP contribution in [-0.4, -0.2) is 30.6 Å². The highest BCUT2D eigenvalue weighted by Crippen LogP contribution is 2.28. The van der Waals surface area contributed by atoms with E-state index in [0.717, 1.165) is 12.5 Å². The maximum Gasteiger partial charge on any atom is 0.330 e. The molecule has 0 radical (unpaired) electrons. The van der Waals surface area contributed by atoms with Gasteiger partial charge in [-0.2, -0.15) is 0 Å². The monoisotopic (exact) mass is 214 g/mol. The second-order valence-corrected chi connectivity index (χ2v) is 3.80. The zero-order valence-corrected chi connectivity index (χ0v) is 9.49. The van der Waals surface area contributed by atoms with Crippen LogP contribution in [0.2, 0.25) is 0 Å². The van der Waals surface area contributed by atoms with E-state index in [0.29, 0.717) is 6.61 Å². The SMILES string of the molecule is C=CC(=O)OC(C)C1COC(C)(CC)O1. The summed E-state index contributed by atoms with van der Waals surface area (Å²) >= 11 is 0. The topological polar surface area (TPSA) is 44.8 Å². The molecule has 3 unspecified atom stereocenters. The number of hydrogen-bond acceptors (Lipinski definition) is 4. The number of ether oxygens (including phenoxy) is 3. The van der Waals surface area contributed by atoms with Gasteiger partial charge < -0.3 is 14.2 Å². The van der Waals surface area contributed by atoms with Crippen LogP contribution in [0, 0.1) is 0 Å². The fourth-order valence-electron chi connectivity index (χ4n) is 1.37. The molecule has 0 amide bonds. The molecule has 86 valence electrons. The molecule has 3 atom stereocenters. The number of hydrogen-bond donors (Lipinski definition) is 0. The Balaban J connectivity index is 2.46. The van der Waals surface area contributed by atoms with E-state index in [1.165, 1.54) is 0 Å². The van der Waals surface area contributed by atoms with Crippen LogP contribution >= 0.6 is 0 Å². The molecule has 1 rings (SSSR count). The summed E-state index contributed by atoms with van der Waals surface area (Å²) in [5.41, 5.74) is 0. The largest absolute Gasteiger partial charge is 0.457 e. The third kappa shape index (κ3) is 3.04. The van der Waals surface area contributed by atoms with Crippen molar-refractivity contribution in [3.05, 3.63) is 12.7 Å². The van der Waals surface area contributed by atoms with Gasteiger partial charge in [-0.1, -0.05) is 13.5 Å². The molecule has 0 aromatic heterocycles. The van der Waals surface area contributed by atoms with Gasteiger partial charge >= 0.3 is 5.97 Å². The van der Waals surface area contributed by atoms with E-state index in [2.05, 4.69) is 6.58 Å². The number of carbonyl (C=O) groups excluding carboxylic acids is 1. The molecule has 0 N–H and O–H groups in total. The first-order valence-corrected chi connectivity index (χ1v) is 5.15. The Morgan fingerprint density at radius 3 is 2.93 bits per heavy atom. The van der Waals surface area contributed by atoms with Crippen molar-refractivity contribution in [1.29, 1.82) is 0 Å². The van der Waals surface area contributed by atoms with Crippen molar-refractivity contribution in [2.45, 2.75) is 45.2 Å². The lowest BCUT2D eigenvalue weighted by Gasteiger charge is -2.23. The number of carbonyl (C=O) groups is 1. The maximum atomic E-state index is 11.0. The Morgan fingerprint density at radius 2 is 2.47 bits per heavy atom. The van der Waals surface area contributed by atoms with Crippen LogP contribution in [0.25, 0.3) is 0 Å². The zero-order chi connectivity index (χ0) is 11.5. The van der Waals surface area contributed by atoms with E-state index < -0.39 is 11.8 Å². The van der Waals surface area contributed by atoms with Crippen LogP contribution in [0.1, 0.15) is 27.2 Å². The van der Waals surface area contributed by atoms with Gasteiger partial charge in [-0.25, -0.2) is 4.79 Å². The first kappa shape index (κ1) is 12.2. The lowest BCUT2D eigenvalue weighted by Crippen LogP contribution is -2.32. The number of rotatable bonds is 4. The smallest absolute Gasteiger partial charge is 0.330 e. The van der Waals surface area contributed by atoms with Gasteiger partial charge in [-0.3, -0.25) is 0 Å². The van der Waals surface area contributed by atoms with Crippen molar-refractivity contribution in [3.63, 3.8) is 0 Å². The molecule has 0 saturated carbocycles. The second kappa shape index (κ2) is 4.77. The van der Waals surface area contributed by atoms with E-state index in [1.807, 2.05) is 13.8 Å². The van der Waals surface area contributed by atoms with Crippen LogP contribution in [0.3, 0.4) is 0 Å². The molecular weight excluding hydrogens is 196 g/mol. The van der Waals surface area contributed by atoms with Gasteiger partial charge in [0.1, 0.15) is 12.2 Å². The standard InChI is InChI=1S/C11H18O4/c1-5-10(12)14-8(3)9-7-13-11(4,6-2)15-9/h5,8-9H,1,6-7H2,2-4H3. The minimum atomic E-state index is -0.542. The average Bonchev–Trinajstić information content (AvgIpc) is 2.62. The molecule has 1 aliphatic rings. The summed E-state index contributed by atoms with van der Waals surface area (Å²) in [7, 11) is 0. The van der Waals surface area contributed by atoms with Gasteiger partial charge in [0.25, 0.3) is 0 Å². The van der Waals surface area contributed by atoms with Crippen LogP contribution in [0.15, 0.2) is 12.7 Å². The maximum absolute atomic E-state index is 11.0. The van der Waals surface area contributed by atoms with Gasteiger partial charge in [0.2, 0.25) is 0 Å². The summed E-state index contributed by atoms with van der Waals surface area (Å²) in [4.78, 5) is 11.0. The first-order chi connectivity index (χ1) is 7.00. The molecule has 0 spiro atoms. The molecule has 1 aliphatic heterocycles. The molecule has 0 aromatic carbocycles. The van der Waals surface area contributed by atoms with Crippen LogP contribution < -0.4 is 0 Å². The lowest BCUT2D eigenvalue weighted by molar-refractivity contribution is -0.174. The molecule has 1 heterocycles. The van der Waals surface area contributed by atoms with Gasteiger partial charge in [0.15, 0.2) is 5.79 Å². The summed E-state index contributed by atoms with van der Waals surface area (Å²) < 4.78 is 16.2. The Bertz CT molecular complexity index is 251. The van der Waals surface area contributed by atoms with E-state index in [1.54, 1.807) is 6.92 Å². The van der Waals surface area contributed by atoms with Crippen molar-refractivity contribution in [2.75, 3.05) is 6.61 Å². The molecule has 0 bridgehead atoms. The highest BCUT2D eigenvalue weighted by Gasteiger charge is 2.39. The van der Waals surface area contributed by atoms with Crippen molar-refractivity contribution in [2.24, 2.45) is 0 Å². The highest BCUT2D eigenvalue weighted by molar-refractivity contribution is 5.81. The fraction of sp³-hybridized carbons (Fsp3) is 0.727. The first-order valence-electron chi connectivity index (χ1n) is 5.15. The average molecular weight is 214 g/mol. The molecule has 0 aromatic rings. The van der Waals surface area contributed by atoms with Crippen molar-refractivity contribution >= 4 is 5.97 Å². The molecule has 1 saturated heterocycles. The molecule has 0 aliphatic carbocycles. The van der Waals surface area contributed by atoms with Gasteiger partial charge in [0, 0.05) is 6.08 Å². The molecule has 1 fully saturated rings. The van der Waals surface area contributed by atoms with E-state index in [4.69, 9.17) is 14.2 Å². The third-order valence-electron chi connectivity index (χ3n) is 2.59. The molecule has 4 nitrogen and oxygen atoms in total. The predicted octanol–water partition coefficient (Wildman–Crippen LogP) is 1.65. The normalized spacial score (nSPS) is 32.3. The fourth-order valence-corrected chi connectivity index (χ4v) is 1.37. The lowest BCUT2D eigenvalue weighted by atomic mass is 10.2.